The zero-order chi connectivity index (χ0) is 11.5. The molecule has 2 aromatic rings. The molecule has 0 bridgehead atoms. The van der Waals surface area contributed by atoms with Crippen molar-refractivity contribution in [2.75, 3.05) is 0 Å². The van der Waals surface area contributed by atoms with Gasteiger partial charge in [0, 0.05) is 0 Å². The van der Waals surface area contributed by atoms with E-state index in [2.05, 4.69) is 15.4 Å². The van der Waals surface area contributed by atoms with E-state index in [1.165, 1.54) is 0 Å². The molecule has 0 radical (unpaired) electrons. The molecule has 1 heterocycles. The maximum absolute atomic E-state index is 5.96. The number of nitrogens with one attached hydrogen (secondary N) is 1. The third kappa shape index (κ3) is 2.52. The molecule has 1 aromatic heterocycles. The third-order valence-electron chi connectivity index (χ3n) is 2.25. The minimum Gasteiger partial charge on any atom is -0.322 e. The summed E-state index contributed by atoms with van der Waals surface area (Å²) in [4.78, 5) is 0. The Morgan fingerprint density at radius 3 is 2.75 bits per heavy atom. The second kappa shape index (κ2) is 4.82. The Kier molecular flexibility index (Phi) is 3.43. The smallest absolute Gasteiger partial charge is 0.0995 e. The molecule has 0 fully saturated rings. The van der Waals surface area contributed by atoms with Crippen LogP contribution in [0.4, 0.5) is 0 Å². The summed E-state index contributed by atoms with van der Waals surface area (Å²) in [5.41, 5.74) is 7.71. The lowest BCUT2D eigenvalue weighted by atomic mass is 10.0. The molecule has 1 unspecified atom stereocenters. The molecule has 0 saturated heterocycles. The molecule has 3 N–H and O–H groups in total. The average molecular weight is 257 g/mol. The molecule has 0 aliphatic heterocycles. The first-order valence-electron chi connectivity index (χ1n) is 4.72. The summed E-state index contributed by atoms with van der Waals surface area (Å²) in [6, 6.07) is 5.27. The fourth-order valence-electron chi connectivity index (χ4n) is 1.41. The number of nitrogens with zero attached hydrogens (tertiary/aromatic N) is 2. The number of rotatable bonds is 3. The van der Waals surface area contributed by atoms with Gasteiger partial charge in [-0.2, -0.15) is 15.4 Å². The SMILES string of the molecule is NC(Cc1ccc(Cl)c(Cl)c1)c1cn[nH]n1. The number of hydrogen-bond acceptors (Lipinski definition) is 3. The first kappa shape index (κ1) is 11.4. The van der Waals surface area contributed by atoms with Crippen molar-refractivity contribution in [1.29, 1.82) is 0 Å². The Morgan fingerprint density at radius 2 is 2.12 bits per heavy atom. The van der Waals surface area contributed by atoms with Crippen LogP contribution in [0.1, 0.15) is 17.3 Å². The van der Waals surface area contributed by atoms with Gasteiger partial charge in [-0.15, -0.1) is 0 Å². The van der Waals surface area contributed by atoms with Crippen LogP contribution in [-0.2, 0) is 6.42 Å². The molecule has 0 aliphatic carbocycles. The van der Waals surface area contributed by atoms with Crippen molar-refractivity contribution >= 4 is 23.2 Å². The molecular formula is C10H10Cl2N4. The van der Waals surface area contributed by atoms with Crippen LogP contribution < -0.4 is 5.73 Å². The molecule has 2 rings (SSSR count). The van der Waals surface area contributed by atoms with Crippen molar-refractivity contribution in [2.24, 2.45) is 5.73 Å². The van der Waals surface area contributed by atoms with Gasteiger partial charge in [0.1, 0.15) is 0 Å². The van der Waals surface area contributed by atoms with Crippen molar-refractivity contribution in [3.05, 3.63) is 45.7 Å². The van der Waals surface area contributed by atoms with E-state index >= 15 is 0 Å². The van der Waals surface area contributed by atoms with Gasteiger partial charge in [0.05, 0.1) is 28.0 Å². The summed E-state index contributed by atoms with van der Waals surface area (Å²) in [6.45, 7) is 0. The summed E-state index contributed by atoms with van der Waals surface area (Å²) >= 11 is 11.7. The number of nitrogens with two attached hydrogens (primary N) is 1. The minimum absolute atomic E-state index is 0.198. The zero-order valence-corrected chi connectivity index (χ0v) is 9.83. The number of benzene rings is 1. The quantitative estimate of drug-likeness (QED) is 0.886. The lowest BCUT2D eigenvalue weighted by Gasteiger charge is -2.08. The van der Waals surface area contributed by atoms with Crippen LogP contribution in [0.15, 0.2) is 24.4 Å². The van der Waals surface area contributed by atoms with Crippen molar-refractivity contribution in [2.45, 2.75) is 12.5 Å². The van der Waals surface area contributed by atoms with Crippen LogP contribution in [0, 0.1) is 0 Å². The fourth-order valence-corrected chi connectivity index (χ4v) is 1.73. The summed E-state index contributed by atoms with van der Waals surface area (Å²) in [5, 5.41) is 11.3. The Balaban J connectivity index is 2.12. The molecular weight excluding hydrogens is 247 g/mol. The molecule has 0 saturated carbocycles. The van der Waals surface area contributed by atoms with Gasteiger partial charge >= 0.3 is 0 Å². The third-order valence-corrected chi connectivity index (χ3v) is 2.99. The van der Waals surface area contributed by atoms with E-state index in [-0.39, 0.29) is 6.04 Å². The Labute approximate surface area is 103 Å². The molecule has 6 heteroatoms. The highest BCUT2D eigenvalue weighted by Gasteiger charge is 2.10. The molecule has 84 valence electrons. The molecule has 0 aliphatic rings. The lowest BCUT2D eigenvalue weighted by Crippen LogP contribution is -2.13. The predicted octanol–water partition coefficient (Wildman–Crippen LogP) is 2.35. The van der Waals surface area contributed by atoms with Crippen LogP contribution in [0.2, 0.25) is 10.0 Å². The fraction of sp³-hybridized carbons (Fsp3) is 0.200. The summed E-state index contributed by atoms with van der Waals surface area (Å²) in [5.74, 6) is 0. The first-order chi connectivity index (χ1) is 7.66. The van der Waals surface area contributed by atoms with Crippen molar-refractivity contribution in [1.82, 2.24) is 15.4 Å². The average Bonchev–Trinajstić information content (AvgIpc) is 2.77. The second-order valence-electron chi connectivity index (χ2n) is 3.45. The maximum Gasteiger partial charge on any atom is 0.0995 e. The second-order valence-corrected chi connectivity index (χ2v) is 4.27. The number of hydrogen-bond donors (Lipinski definition) is 2. The largest absolute Gasteiger partial charge is 0.322 e. The zero-order valence-electron chi connectivity index (χ0n) is 8.32. The molecule has 0 amide bonds. The molecule has 0 spiro atoms. The number of aromatic amines is 1. The van der Waals surface area contributed by atoms with Gasteiger partial charge in [-0.05, 0) is 24.1 Å². The van der Waals surface area contributed by atoms with Gasteiger partial charge in [-0.25, -0.2) is 0 Å². The molecule has 4 nitrogen and oxygen atoms in total. The lowest BCUT2D eigenvalue weighted by molar-refractivity contribution is 0.691. The van der Waals surface area contributed by atoms with Gasteiger partial charge in [-0.1, -0.05) is 29.3 Å². The van der Waals surface area contributed by atoms with Crippen LogP contribution in [0.5, 0.6) is 0 Å². The van der Waals surface area contributed by atoms with Gasteiger partial charge in [0.25, 0.3) is 0 Å². The van der Waals surface area contributed by atoms with Crippen molar-refractivity contribution in [3.8, 4) is 0 Å². The number of aromatic nitrogens is 3. The van der Waals surface area contributed by atoms with Gasteiger partial charge in [-0.3, -0.25) is 0 Å². The van der Waals surface area contributed by atoms with E-state index in [0.29, 0.717) is 16.5 Å². The highest BCUT2D eigenvalue weighted by molar-refractivity contribution is 6.42. The van der Waals surface area contributed by atoms with E-state index in [9.17, 15) is 0 Å². The number of H-pyrrole nitrogens is 1. The van der Waals surface area contributed by atoms with Crippen molar-refractivity contribution in [3.63, 3.8) is 0 Å². The Bertz CT molecular complexity index is 470. The maximum atomic E-state index is 5.96. The number of halogens is 2. The summed E-state index contributed by atoms with van der Waals surface area (Å²) in [7, 11) is 0. The van der Waals surface area contributed by atoms with Crippen LogP contribution >= 0.6 is 23.2 Å². The van der Waals surface area contributed by atoms with E-state index in [0.717, 1.165) is 11.3 Å². The predicted molar refractivity (Wildman–Crippen MR) is 63.5 cm³/mol. The highest BCUT2D eigenvalue weighted by Crippen LogP contribution is 2.24. The van der Waals surface area contributed by atoms with Gasteiger partial charge in [0.2, 0.25) is 0 Å². The van der Waals surface area contributed by atoms with E-state index in [1.54, 1.807) is 12.3 Å². The van der Waals surface area contributed by atoms with E-state index < -0.39 is 0 Å². The van der Waals surface area contributed by atoms with Crippen LogP contribution in [0.3, 0.4) is 0 Å². The normalized spacial score (nSPS) is 12.7. The van der Waals surface area contributed by atoms with E-state index in [1.807, 2.05) is 12.1 Å². The Hall–Kier alpha value is -1.10. The first-order valence-corrected chi connectivity index (χ1v) is 5.47. The molecule has 1 aromatic carbocycles. The monoisotopic (exact) mass is 256 g/mol. The highest BCUT2D eigenvalue weighted by atomic mass is 35.5. The molecule has 1 atom stereocenters. The summed E-state index contributed by atoms with van der Waals surface area (Å²) < 4.78 is 0. The van der Waals surface area contributed by atoms with Gasteiger partial charge in [0.15, 0.2) is 0 Å². The van der Waals surface area contributed by atoms with Gasteiger partial charge < -0.3 is 5.73 Å². The summed E-state index contributed by atoms with van der Waals surface area (Å²) in [6.07, 6.45) is 2.26. The minimum atomic E-state index is -0.198. The topological polar surface area (TPSA) is 67.6 Å². The van der Waals surface area contributed by atoms with Crippen LogP contribution in [0.25, 0.3) is 0 Å². The van der Waals surface area contributed by atoms with E-state index in [4.69, 9.17) is 28.9 Å². The van der Waals surface area contributed by atoms with Crippen molar-refractivity contribution < 1.29 is 0 Å². The van der Waals surface area contributed by atoms with Crippen LogP contribution in [-0.4, -0.2) is 15.4 Å². The molecule has 16 heavy (non-hydrogen) atoms. The Morgan fingerprint density at radius 1 is 1.31 bits per heavy atom. The standard InChI is InChI=1S/C10H10Cl2N4/c11-7-2-1-6(3-8(7)12)4-9(13)10-5-14-16-15-10/h1-3,5,9H,4,13H2,(H,14,15,16).